The molecule has 14 heavy (non-hydrogen) atoms. The molecule has 0 amide bonds. The Morgan fingerprint density at radius 1 is 1.43 bits per heavy atom. The summed E-state index contributed by atoms with van der Waals surface area (Å²) in [7, 11) is 0. The fourth-order valence-electron chi connectivity index (χ4n) is 1.48. The number of aromatic nitrogens is 2. The average molecular weight is 196 g/mol. The van der Waals surface area contributed by atoms with Crippen LogP contribution in [0.15, 0.2) is 12.3 Å². The van der Waals surface area contributed by atoms with Crippen LogP contribution in [-0.2, 0) is 6.67 Å². The summed E-state index contributed by atoms with van der Waals surface area (Å²) in [6.45, 7) is 3.11. The maximum absolute atomic E-state index is 12.4. The summed E-state index contributed by atoms with van der Waals surface area (Å²) in [5.41, 5.74) is 0.452. The molecule has 2 heterocycles. The maximum atomic E-state index is 12.4. The molecule has 0 atom stereocenters. The zero-order valence-electron chi connectivity index (χ0n) is 7.91. The van der Waals surface area contributed by atoms with Crippen LogP contribution >= 0.6 is 0 Å². The maximum Gasteiger partial charge on any atom is 0.225 e. The first-order valence-electron chi connectivity index (χ1n) is 4.74. The van der Waals surface area contributed by atoms with Crippen molar-refractivity contribution in [1.82, 2.24) is 15.3 Å². The van der Waals surface area contributed by atoms with Gasteiger partial charge >= 0.3 is 0 Å². The zero-order valence-corrected chi connectivity index (χ0v) is 7.91. The van der Waals surface area contributed by atoms with E-state index in [9.17, 15) is 4.39 Å². The molecule has 0 aromatic carbocycles. The van der Waals surface area contributed by atoms with Crippen LogP contribution in [-0.4, -0.2) is 36.1 Å². The molecule has 5 heteroatoms. The third-order valence-electron chi connectivity index (χ3n) is 2.24. The molecule has 1 N–H and O–H groups in total. The molecular weight excluding hydrogens is 183 g/mol. The quantitative estimate of drug-likeness (QED) is 0.741. The topological polar surface area (TPSA) is 41.1 Å². The van der Waals surface area contributed by atoms with Crippen molar-refractivity contribution in [2.75, 3.05) is 31.1 Å². The van der Waals surface area contributed by atoms with Gasteiger partial charge in [-0.05, 0) is 6.07 Å². The van der Waals surface area contributed by atoms with Crippen molar-refractivity contribution in [1.29, 1.82) is 0 Å². The highest BCUT2D eigenvalue weighted by Crippen LogP contribution is 2.08. The van der Waals surface area contributed by atoms with Crippen molar-refractivity contribution in [3.63, 3.8) is 0 Å². The summed E-state index contributed by atoms with van der Waals surface area (Å²) in [6.07, 6.45) is 1.61. The van der Waals surface area contributed by atoms with Crippen molar-refractivity contribution in [2.45, 2.75) is 6.67 Å². The molecule has 0 bridgehead atoms. The van der Waals surface area contributed by atoms with E-state index >= 15 is 0 Å². The molecule has 0 saturated carbocycles. The monoisotopic (exact) mass is 196 g/mol. The Bertz CT molecular complexity index is 299. The normalized spacial score (nSPS) is 17.1. The number of nitrogens with one attached hydrogen (secondary N) is 1. The van der Waals surface area contributed by atoms with Gasteiger partial charge in [-0.25, -0.2) is 14.4 Å². The number of piperazine rings is 1. The summed E-state index contributed by atoms with van der Waals surface area (Å²) < 4.78 is 12.4. The molecule has 0 spiro atoms. The molecule has 2 rings (SSSR count). The van der Waals surface area contributed by atoms with Crippen molar-refractivity contribution in [3.05, 3.63) is 18.0 Å². The molecule has 1 fully saturated rings. The minimum atomic E-state index is -0.526. The molecule has 4 nitrogen and oxygen atoms in total. The van der Waals surface area contributed by atoms with Crippen LogP contribution in [0.25, 0.3) is 0 Å². The van der Waals surface area contributed by atoms with Gasteiger partial charge in [0.25, 0.3) is 0 Å². The van der Waals surface area contributed by atoms with Gasteiger partial charge in [-0.2, -0.15) is 0 Å². The SMILES string of the molecule is FCc1ccnc(N2CCNCC2)n1. The van der Waals surface area contributed by atoms with Crippen LogP contribution < -0.4 is 10.2 Å². The minimum absolute atomic E-state index is 0.452. The summed E-state index contributed by atoms with van der Waals surface area (Å²) in [5, 5.41) is 3.24. The third kappa shape index (κ3) is 1.98. The smallest absolute Gasteiger partial charge is 0.225 e. The second-order valence-electron chi connectivity index (χ2n) is 3.22. The Balaban J connectivity index is 2.13. The zero-order chi connectivity index (χ0) is 9.80. The standard InChI is InChI=1S/C9H13FN4/c10-7-8-1-2-12-9(13-8)14-5-3-11-4-6-14/h1-2,11H,3-7H2. The minimum Gasteiger partial charge on any atom is -0.338 e. The highest BCUT2D eigenvalue weighted by molar-refractivity contribution is 5.30. The fourth-order valence-corrected chi connectivity index (χ4v) is 1.48. The summed E-state index contributed by atoms with van der Waals surface area (Å²) in [4.78, 5) is 10.3. The van der Waals surface area contributed by atoms with Gasteiger partial charge in [0.05, 0.1) is 5.69 Å². The molecule has 76 valence electrons. The molecule has 1 saturated heterocycles. The van der Waals surface area contributed by atoms with E-state index in [4.69, 9.17) is 0 Å². The Morgan fingerprint density at radius 3 is 2.93 bits per heavy atom. The number of hydrogen-bond donors (Lipinski definition) is 1. The van der Waals surface area contributed by atoms with Crippen LogP contribution in [0.1, 0.15) is 5.69 Å². The highest BCUT2D eigenvalue weighted by Gasteiger charge is 2.12. The number of anilines is 1. The van der Waals surface area contributed by atoms with E-state index < -0.39 is 6.67 Å². The Morgan fingerprint density at radius 2 is 2.21 bits per heavy atom. The molecule has 1 aromatic heterocycles. The molecule has 1 aromatic rings. The lowest BCUT2D eigenvalue weighted by Crippen LogP contribution is -2.44. The lowest BCUT2D eigenvalue weighted by atomic mass is 10.4. The van der Waals surface area contributed by atoms with E-state index in [0.717, 1.165) is 26.2 Å². The van der Waals surface area contributed by atoms with Crippen molar-refractivity contribution in [3.8, 4) is 0 Å². The lowest BCUT2D eigenvalue weighted by molar-refractivity contribution is 0.474. The predicted molar refractivity (Wildman–Crippen MR) is 51.9 cm³/mol. The van der Waals surface area contributed by atoms with E-state index in [2.05, 4.69) is 20.2 Å². The molecule has 0 unspecified atom stereocenters. The van der Waals surface area contributed by atoms with Crippen LogP contribution in [0, 0.1) is 0 Å². The number of nitrogens with zero attached hydrogens (tertiary/aromatic N) is 3. The fraction of sp³-hybridized carbons (Fsp3) is 0.556. The number of hydrogen-bond acceptors (Lipinski definition) is 4. The van der Waals surface area contributed by atoms with Crippen molar-refractivity contribution >= 4 is 5.95 Å². The van der Waals surface area contributed by atoms with E-state index in [-0.39, 0.29) is 0 Å². The van der Waals surface area contributed by atoms with Gasteiger partial charge in [0.2, 0.25) is 5.95 Å². The second kappa shape index (κ2) is 4.32. The van der Waals surface area contributed by atoms with Crippen molar-refractivity contribution < 1.29 is 4.39 Å². The van der Waals surface area contributed by atoms with Gasteiger partial charge in [-0.1, -0.05) is 0 Å². The first-order chi connectivity index (χ1) is 6.90. The van der Waals surface area contributed by atoms with Gasteiger partial charge in [-0.15, -0.1) is 0 Å². The van der Waals surface area contributed by atoms with Gasteiger partial charge in [-0.3, -0.25) is 0 Å². The molecule has 0 radical (unpaired) electrons. The largest absolute Gasteiger partial charge is 0.338 e. The predicted octanol–water partition coefficient (Wildman–Crippen LogP) is 0.356. The van der Waals surface area contributed by atoms with E-state index in [1.165, 1.54) is 0 Å². The van der Waals surface area contributed by atoms with Crippen LogP contribution in [0.3, 0.4) is 0 Å². The average Bonchev–Trinajstić information content (AvgIpc) is 2.30. The molecule has 0 aliphatic carbocycles. The van der Waals surface area contributed by atoms with Gasteiger partial charge in [0, 0.05) is 32.4 Å². The second-order valence-corrected chi connectivity index (χ2v) is 3.22. The molecular formula is C9H13FN4. The van der Waals surface area contributed by atoms with Gasteiger partial charge in [0.15, 0.2) is 0 Å². The number of alkyl halides is 1. The first kappa shape index (κ1) is 9.33. The summed E-state index contributed by atoms with van der Waals surface area (Å²) in [6, 6.07) is 1.60. The van der Waals surface area contributed by atoms with E-state index in [1.807, 2.05) is 0 Å². The molecule has 1 aliphatic rings. The lowest BCUT2D eigenvalue weighted by Gasteiger charge is -2.27. The number of halogens is 1. The number of rotatable bonds is 2. The van der Waals surface area contributed by atoms with E-state index in [1.54, 1.807) is 12.3 Å². The highest BCUT2D eigenvalue weighted by atomic mass is 19.1. The van der Waals surface area contributed by atoms with Gasteiger partial charge in [0.1, 0.15) is 6.67 Å². The first-order valence-corrected chi connectivity index (χ1v) is 4.74. The third-order valence-corrected chi connectivity index (χ3v) is 2.24. The Kier molecular flexibility index (Phi) is 2.88. The van der Waals surface area contributed by atoms with Crippen molar-refractivity contribution in [2.24, 2.45) is 0 Å². The Hall–Kier alpha value is -1.23. The van der Waals surface area contributed by atoms with Crippen LogP contribution in [0.4, 0.5) is 10.3 Å². The Labute approximate surface area is 82.2 Å². The van der Waals surface area contributed by atoms with Crippen LogP contribution in [0.2, 0.25) is 0 Å². The summed E-state index contributed by atoms with van der Waals surface area (Å²) in [5.74, 6) is 0.640. The molecule has 1 aliphatic heterocycles. The van der Waals surface area contributed by atoms with Crippen LogP contribution in [0.5, 0.6) is 0 Å². The summed E-state index contributed by atoms with van der Waals surface area (Å²) >= 11 is 0. The van der Waals surface area contributed by atoms with E-state index in [0.29, 0.717) is 11.6 Å². The van der Waals surface area contributed by atoms with Gasteiger partial charge < -0.3 is 10.2 Å².